The van der Waals surface area contributed by atoms with Crippen LogP contribution in [0.4, 0.5) is 0 Å². The van der Waals surface area contributed by atoms with Crippen molar-refractivity contribution in [3.05, 3.63) is 70.6 Å². The van der Waals surface area contributed by atoms with Gasteiger partial charge in [-0.15, -0.1) is 0 Å². The zero-order chi connectivity index (χ0) is 20.8. The Morgan fingerprint density at radius 1 is 1.03 bits per heavy atom. The number of nitrogens with zero attached hydrogens (tertiary/aromatic N) is 1. The lowest BCUT2D eigenvalue weighted by atomic mass is 9.89. The van der Waals surface area contributed by atoms with E-state index in [1.54, 1.807) is 6.07 Å². The van der Waals surface area contributed by atoms with Crippen LogP contribution in [-0.2, 0) is 0 Å². The first-order valence-electron chi connectivity index (χ1n) is 10.8. The second-order valence-corrected chi connectivity index (χ2v) is 7.75. The molecule has 5 nitrogen and oxygen atoms in total. The number of piperidine rings is 1. The van der Waals surface area contributed by atoms with Crippen molar-refractivity contribution in [1.29, 1.82) is 0 Å². The maximum Gasteiger partial charge on any atom is 0.339 e. The van der Waals surface area contributed by atoms with Crippen molar-refractivity contribution < 1.29 is 13.9 Å². The summed E-state index contributed by atoms with van der Waals surface area (Å²) in [5.41, 5.74) is 1.55. The predicted octanol–water partition coefficient (Wildman–Crippen LogP) is 4.84. The number of hydrogen-bond donors (Lipinski definition) is 0. The minimum absolute atomic E-state index is 0.415. The summed E-state index contributed by atoms with van der Waals surface area (Å²) >= 11 is 0. The van der Waals surface area contributed by atoms with Crippen LogP contribution in [0.1, 0.15) is 37.7 Å². The monoisotopic (exact) mass is 407 g/mol. The minimum atomic E-state index is -0.415. The molecule has 1 aliphatic rings. The molecule has 0 atom stereocenters. The zero-order valence-electron chi connectivity index (χ0n) is 17.5. The van der Waals surface area contributed by atoms with Gasteiger partial charge in [0.05, 0.1) is 24.7 Å². The average Bonchev–Trinajstić information content (AvgIpc) is 2.77. The standard InChI is InChI=1S/C25H29NO4/c1-2-28-23-18-25(27)30-24-17-21(9-10-22(23)24)29-16-6-13-26-14-11-20(12-15-26)19-7-4-3-5-8-19/h3-5,7-10,17-18,20H,2,6,11-16H2,1H3. The SMILES string of the molecule is CCOc1cc(=O)oc2cc(OCCCN3CCC(c4ccccc4)CC3)ccc12. The van der Waals surface area contributed by atoms with Gasteiger partial charge >= 0.3 is 5.63 Å². The van der Waals surface area contributed by atoms with E-state index in [4.69, 9.17) is 13.9 Å². The van der Waals surface area contributed by atoms with E-state index in [0.29, 0.717) is 36.2 Å². The fraction of sp³-hybridized carbons (Fsp3) is 0.400. The summed E-state index contributed by atoms with van der Waals surface area (Å²) < 4.78 is 16.8. The highest BCUT2D eigenvalue weighted by atomic mass is 16.5. The first-order valence-corrected chi connectivity index (χ1v) is 10.8. The Labute approximate surface area is 177 Å². The molecule has 3 aromatic rings. The molecule has 1 saturated heterocycles. The van der Waals surface area contributed by atoms with Gasteiger partial charge in [-0.25, -0.2) is 4.79 Å². The lowest BCUT2D eigenvalue weighted by Gasteiger charge is -2.32. The van der Waals surface area contributed by atoms with E-state index in [0.717, 1.165) is 31.4 Å². The highest BCUT2D eigenvalue weighted by Crippen LogP contribution is 2.29. The molecule has 0 radical (unpaired) electrons. The van der Waals surface area contributed by atoms with Crippen molar-refractivity contribution in [2.45, 2.75) is 32.1 Å². The summed E-state index contributed by atoms with van der Waals surface area (Å²) in [7, 11) is 0. The lowest BCUT2D eigenvalue weighted by Crippen LogP contribution is -2.34. The molecule has 0 N–H and O–H groups in total. The molecule has 2 heterocycles. The van der Waals surface area contributed by atoms with E-state index < -0.39 is 5.63 Å². The van der Waals surface area contributed by atoms with Gasteiger partial charge in [-0.3, -0.25) is 0 Å². The topological polar surface area (TPSA) is 51.9 Å². The van der Waals surface area contributed by atoms with Crippen LogP contribution in [0.25, 0.3) is 11.0 Å². The Morgan fingerprint density at radius 2 is 1.83 bits per heavy atom. The van der Waals surface area contributed by atoms with E-state index in [2.05, 4.69) is 35.2 Å². The number of fused-ring (bicyclic) bond motifs is 1. The van der Waals surface area contributed by atoms with Crippen LogP contribution >= 0.6 is 0 Å². The highest BCUT2D eigenvalue weighted by Gasteiger charge is 2.20. The maximum atomic E-state index is 11.7. The maximum absolute atomic E-state index is 11.7. The van der Waals surface area contributed by atoms with Gasteiger partial charge in [0.1, 0.15) is 17.1 Å². The van der Waals surface area contributed by atoms with Crippen LogP contribution in [0.2, 0.25) is 0 Å². The summed E-state index contributed by atoms with van der Waals surface area (Å²) in [6, 6.07) is 17.8. The molecule has 1 aliphatic heterocycles. The van der Waals surface area contributed by atoms with Gasteiger partial charge in [0, 0.05) is 12.6 Å². The summed E-state index contributed by atoms with van der Waals surface area (Å²) in [5.74, 6) is 1.95. The third-order valence-corrected chi connectivity index (χ3v) is 5.72. The Bertz CT molecular complexity index is 1010. The molecule has 30 heavy (non-hydrogen) atoms. The van der Waals surface area contributed by atoms with E-state index in [-0.39, 0.29) is 0 Å². The molecular weight excluding hydrogens is 378 g/mol. The molecule has 0 spiro atoms. The van der Waals surface area contributed by atoms with E-state index in [9.17, 15) is 4.79 Å². The van der Waals surface area contributed by atoms with Crippen molar-refractivity contribution >= 4 is 11.0 Å². The Hall–Kier alpha value is -2.79. The Morgan fingerprint density at radius 3 is 2.60 bits per heavy atom. The predicted molar refractivity (Wildman–Crippen MR) is 119 cm³/mol. The van der Waals surface area contributed by atoms with Crippen molar-refractivity contribution in [1.82, 2.24) is 4.90 Å². The van der Waals surface area contributed by atoms with Crippen LogP contribution in [0, 0.1) is 0 Å². The fourth-order valence-electron chi connectivity index (χ4n) is 4.17. The number of hydrogen-bond acceptors (Lipinski definition) is 5. The molecule has 4 rings (SSSR count). The molecule has 1 fully saturated rings. The quantitative estimate of drug-likeness (QED) is 0.395. The van der Waals surface area contributed by atoms with Crippen LogP contribution in [0.3, 0.4) is 0 Å². The summed E-state index contributed by atoms with van der Waals surface area (Å²) in [6.07, 6.45) is 3.41. The van der Waals surface area contributed by atoms with Gasteiger partial charge in [-0.2, -0.15) is 0 Å². The average molecular weight is 408 g/mol. The number of benzene rings is 2. The van der Waals surface area contributed by atoms with Crippen LogP contribution < -0.4 is 15.1 Å². The van der Waals surface area contributed by atoms with Gasteiger partial charge in [-0.05, 0) is 62.9 Å². The largest absolute Gasteiger partial charge is 0.493 e. The summed E-state index contributed by atoms with van der Waals surface area (Å²) in [6.45, 7) is 6.35. The van der Waals surface area contributed by atoms with Gasteiger partial charge < -0.3 is 18.8 Å². The zero-order valence-corrected chi connectivity index (χ0v) is 17.5. The van der Waals surface area contributed by atoms with Crippen molar-refractivity contribution in [2.24, 2.45) is 0 Å². The number of ether oxygens (including phenoxy) is 2. The second-order valence-electron chi connectivity index (χ2n) is 7.75. The number of rotatable bonds is 8. The molecule has 0 amide bonds. The third-order valence-electron chi connectivity index (χ3n) is 5.72. The molecule has 0 aliphatic carbocycles. The van der Waals surface area contributed by atoms with E-state index in [1.807, 2.05) is 19.1 Å². The Balaban J connectivity index is 1.25. The van der Waals surface area contributed by atoms with Gasteiger partial charge in [0.25, 0.3) is 0 Å². The molecule has 158 valence electrons. The molecule has 1 aromatic heterocycles. The van der Waals surface area contributed by atoms with Crippen LogP contribution in [0.5, 0.6) is 11.5 Å². The van der Waals surface area contributed by atoms with Gasteiger partial charge in [0.15, 0.2) is 0 Å². The molecular formula is C25H29NO4. The minimum Gasteiger partial charge on any atom is -0.493 e. The first kappa shape index (κ1) is 20.5. The molecule has 0 bridgehead atoms. The molecule has 5 heteroatoms. The lowest BCUT2D eigenvalue weighted by molar-refractivity contribution is 0.193. The van der Waals surface area contributed by atoms with Gasteiger partial charge in [-0.1, -0.05) is 30.3 Å². The van der Waals surface area contributed by atoms with E-state index in [1.165, 1.54) is 24.5 Å². The van der Waals surface area contributed by atoms with Gasteiger partial charge in [0.2, 0.25) is 0 Å². The summed E-state index contributed by atoms with van der Waals surface area (Å²) in [4.78, 5) is 14.3. The Kier molecular flexibility index (Phi) is 6.70. The first-order chi connectivity index (χ1) is 14.7. The highest BCUT2D eigenvalue weighted by molar-refractivity contribution is 5.84. The van der Waals surface area contributed by atoms with Crippen molar-refractivity contribution in [3.8, 4) is 11.5 Å². The van der Waals surface area contributed by atoms with Crippen LogP contribution in [0.15, 0.2) is 63.8 Å². The smallest absolute Gasteiger partial charge is 0.339 e. The number of likely N-dealkylation sites (tertiary alicyclic amines) is 1. The second kappa shape index (κ2) is 9.81. The normalized spacial score (nSPS) is 15.4. The fourth-order valence-corrected chi connectivity index (χ4v) is 4.17. The van der Waals surface area contributed by atoms with Crippen molar-refractivity contribution in [3.63, 3.8) is 0 Å². The summed E-state index contributed by atoms with van der Waals surface area (Å²) in [5, 5.41) is 0.782. The van der Waals surface area contributed by atoms with Crippen molar-refractivity contribution in [2.75, 3.05) is 32.8 Å². The van der Waals surface area contributed by atoms with Crippen LogP contribution in [-0.4, -0.2) is 37.7 Å². The molecule has 2 aromatic carbocycles. The van der Waals surface area contributed by atoms with E-state index >= 15 is 0 Å². The molecule has 0 saturated carbocycles. The molecule has 0 unspecified atom stereocenters. The third kappa shape index (κ3) is 5.03.